The van der Waals surface area contributed by atoms with E-state index in [1.54, 1.807) is 0 Å². The standard InChI is InChI=1S/C77H126O16P2/c1-4-7-10-13-16-19-22-25-28-31-33-34-35-36-38-41-42-45-48-51-54-57-60-63-75(80)87-66-72(78)67-89-94(83,84)90-68-73(79)69-91-95(85,86)92-71-74(93-77(82)65-62-59-56-53-50-47-44-39-30-27-24-21-18-15-12-9-6-3)70-88-76(81)64-61-58-55-52-49-46-43-40-37-32-29-26-23-20-17-14-11-8-5-2/h8-9,11-12,16-21,25-30,33-34,36-38,40,44,46-47,49,72-74,78-79H,4-7,10,13-15,22-24,31-32,35,39,41-43,45,48,50-71H2,1-3H3,(H,83,84)(H,85,86)/b11-8-,12-9-,19-16-,20-17-,21-18-,28-25-,29-26-,30-27-,34-33-,38-36-,40-37-,47-44-,49-46-. The fourth-order valence-electron chi connectivity index (χ4n) is 8.81. The number of esters is 3. The molecule has 0 aliphatic heterocycles. The number of allylic oxidation sites excluding steroid dienone is 26. The Morgan fingerprint density at radius 3 is 0.895 bits per heavy atom. The lowest BCUT2D eigenvalue weighted by Crippen LogP contribution is -2.30. The lowest BCUT2D eigenvalue weighted by molar-refractivity contribution is -0.161. The first kappa shape index (κ1) is 90.2. The quantitative estimate of drug-likeness (QED) is 0.0146. The number of rotatable bonds is 66. The van der Waals surface area contributed by atoms with Crippen LogP contribution in [0.2, 0.25) is 0 Å². The number of carbonyl (C=O) groups excluding carboxylic acids is 3. The second-order valence-electron chi connectivity index (χ2n) is 23.3. The minimum absolute atomic E-state index is 0.0623. The number of carbonyl (C=O) groups is 3. The fraction of sp³-hybridized carbons (Fsp3) is 0.623. The van der Waals surface area contributed by atoms with Gasteiger partial charge in [0.1, 0.15) is 25.4 Å². The van der Waals surface area contributed by atoms with Gasteiger partial charge in [0.25, 0.3) is 0 Å². The van der Waals surface area contributed by atoms with Crippen LogP contribution in [-0.4, -0.2) is 95.9 Å². The summed E-state index contributed by atoms with van der Waals surface area (Å²) in [6.07, 6.45) is 84.3. The van der Waals surface area contributed by atoms with E-state index in [1.165, 1.54) is 25.7 Å². The molecule has 0 radical (unpaired) electrons. The lowest BCUT2D eigenvalue weighted by Gasteiger charge is -2.21. The third-order valence-corrected chi connectivity index (χ3v) is 16.1. The monoisotopic (exact) mass is 1370 g/mol. The van der Waals surface area contributed by atoms with E-state index in [1.807, 2.05) is 0 Å². The molecule has 0 aromatic heterocycles. The maximum absolute atomic E-state index is 12.9. The summed E-state index contributed by atoms with van der Waals surface area (Å²) in [4.78, 5) is 58.5. The highest BCUT2D eigenvalue weighted by molar-refractivity contribution is 7.47. The Hall–Kier alpha value is -4.83. The van der Waals surface area contributed by atoms with Crippen LogP contribution in [-0.2, 0) is 55.8 Å². The van der Waals surface area contributed by atoms with Crippen molar-refractivity contribution in [2.45, 2.75) is 270 Å². The predicted molar refractivity (Wildman–Crippen MR) is 389 cm³/mol. The maximum atomic E-state index is 12.9. The first-order valence-corrected chi connectivity index (χ1v) is 38.8. The molecule has 0 aromatic rings. The number of phosphoric ester groups is 2. The van der Waals surface area contributed by atoms with E-state index in [-0.39, 0.29) is 19.3 Å². The molecule has 0 aromatic carbocycles. The summed E-state index contributed by atoms with van der Waals surface area (Å²) in [7, 11) is -9.82. The van der Waals surface area contributed by atoms with Crippen molar-refractivity contribution in [3.8, 4) is 0 Å². The lowest BCUT2D eigenvalue weighted by atomic mass is 10.1. The summed E-state index contributed by atoms with van der Waals surface area (Å²) in [6, 6.07) is 0. The minimum Gasteiger partial charge on any atom is -0.463 e. The molecule has 18 heteroatoms. The van der Waals surface area contributed by atoms with E-state index in [4.69, 9.17) is 32.3 Å². The fourth-order valence-corrected chi connectivity index (χ4v) is 10.4. The van der Waals surface area contributed by atoms with Gasteiger partial charge in [-0.05, 0) is 148 Å². The third kappa shape index (κ3) is 70.3. The van der Waals surface area contributed by atoms with Crippen LogP contribution in [0.1, 0.15) is 252 Å². The molecule has 0 fully saturated rings. The number of ether oxygens (including phenoxy) is 3. The van der Waals surface area contributed by atoms with Crippen molar-refractivity contribution in [3.05, 3.63) is 158 Å². The first-order chi connectivity index (χ1) is 46.2. The van der Waals surface area contributed by atoms with Crippen molar-refractivity contribution in [1.29, 1.82) is 0 Å². The Balaban J connectivity index is 4.73. The average Bonchev–Trinajstić information content (AvgIpc) is 2.35. The zero-order valence-corrected chi connectivity index (χ0v) is 60.3. The molecule has 0 aliphatic rings. The van der Waals surface area contributed by atoms with Gasteiger partial charge in [-0.15, -0.1) is 0 Å². The Labute approximate surface area is 574 Å². The van der Waals surface area contributed by atoms with Gasteiger partial charge in [0.15, 0.2) is 6.10 Å². The molecule has 16 nitrogen and oxygen atoms in total. The number of aliphatic hydroxyl groups excluding tert-OH is 2. The highest BCUT2D eigenvalue weighted by Gasteiger charge is 2.29. The van der Waals surface area contributed by atoms with Crippen LogP contribution in [0.4, 0.5) is 0 Å². The first-order valence-electron chi connectivity index (χ1n) is 35.8. The SMILES string of the molecule is CC/C=C\C/C=C\C/C=C\C/C=C\C/C=C\CCCCCC(=O)OCC(COP(=O)(O)OCC(O)COP(=O)(O)OCC(O)COC(=O)CCCCCCCCC/C=C\C/C=C\C/C=C\C/C=C\CCCCC)OC(=O)CCCCCC/C=C\C/C=C\C/C=C\C/C=C\CC. The zero-order chi connectivity index (χ0) is 69.5. The highest BCUT2D eigenvalue weighted by Crippen LogP contribution is 2.45. The van der Waals surface area contributed by atoms with Gasteiger partial charge >= 0.3 is 33.6 Å². The van der Waals surface area contributed by atoms with E-state index in [2.05, 4.69) is 179 Å². The summed E-state index contributed by atoms with van der Waals surface area (Å²) in [5.74, 6) is -1.66. The molecule has 0 aliphatic carbocycles. The van der Waals surface area contributed by atoms with Crippen LogP contribution in [0.15, 0.2) is 158 Å². The van der Waals surface area contributed by atoms with Crippen LogP contribution in [0.25, 0.3) is 0 Å². The Morgan fingerprint density at radius 1 is 0.305 bits per heavy atom. The number of hydrogen-bond donors (Lipinski definition) is 4. The van der Waals surface area contributed by atoms with E-state index in [0.29, 0.717) is 19.3 Å². The van der Waals surface area contributed by atoms with Crippen molar-refractivity contribution in [1.82, 2.24) is 0 Å². The summed E-state index contributed by atoms with van der Waals surface area (Å²) in [6.45, 7) is 2.31. The van der Waals surface area contributed by atoms with Gasteiger partial charge in [0, 0.05) is 19.3 Å². The molecule has 0 saturated heterocycles. The zero-order valence-electron chi connectivity index (χ0n) is 58.5. The molecule has 5 unspecified atom stereocenters. The van der Waals surface area contributed by atoms with E-state index in [9.17, 15) is 43.5 Å². The smallest absolute Gasteiger partial charge is 0.463 e. The summed E-state index contributed by atoms with van der Waals surface area (Å²) >= 11 is 0. The second-order valence-corrected chi connectivity index (χ2v) is 26.2. The van der Waals surface area contributed by atoms with Crippen LogP contribution >= 0.6 is 15.6 Å². The molecule has 0 rings (SSSR count). The summed E-state index contributed by atoms with van der Waals surface area (Å²) in [5.41, 5.74) is 0. The molecule has 0 spiro atoms. The largest absolute Gasteiger partial charge is 0.472 e. The number of hydrogen-bond acceptors (Lipinski definition) is 14. The van der Waals surface area contributed by atoms with Crippen LogP contribution in [0.3, 0.4) is 0 Å². The van der Waals surface area contributed by atoms with Gasteiger partial charge < -0.3 is 34.2 Å². The molecular weight excluding hydrogens is 1240 g/mol. The number of phosphoric acid groups is 2. The molecule has 0 bridgehead atoms. The van der Waals surface area contributed by atoms with Crippen LogP contribution in [0, 0.1) is 0 Å². The Morgan fingerprint density at radius 2 is 0.558 bits per heavy atom. The van der Waals surface area contributed by atoms with Gasteiger partial charge in [0.2, 0.25) is 0 Å². The Bertz CT molecular complexity index is 2360. The molecule has 0 amide bonds. The van der Waals surface area contributed by atoms with Crippen LogP contribution < -0.4 is 0 Å². The molecule has 0 heterocycles. The summed E-state index contributed by atoms with van der Waals surface area (Å²) < 4.78 is 60.9. The van der Waals surface area contributed by atoms with Crippen molar-refractivity contribution in [2.24, 2.45) is 0 Å². The van der Waals surface area contributed by atoms with Crippen LogP contribution in [0.5, 0.6) is 0 Å². The van der Waals surface area contributed by atoms with E-state index >= 15 is 0 Å². The third-order valence-electron chi connectivity index (χ3n) is 14.2. The van der Waals surface area contributed by atoms with Crippen molar-refractivity contribution in [3.63, 3.8) is 0 Å². The number of aliphatic hydroxyl groups is 2. The second kappa shape index (κ2) is 69.1. The molecule has 5 atom stereocenters. The average molecular weight is 1370 g/mol. The Kier molecular flexibility index (Phi) is 65.6. The molecular formula is C77H126O16P2. The van der Waals surface area contributed by atoms with Gasteiger partial charge in [0.05, 0.1) is 26.4 Å². The van der Waals surface area contributed by atoms with Crippen molar-refractivity contribution in [2.75, 3.05) is 39.6 Å². The van der Waals surface area contributed by atoms with Crippen molar-refractivity contribution < 1.29 is 75.8 Å². The normalized spacial score (nSPS) is 15.1. The van der Waals surface area contributed by atoms with E-state index < -0.39 is 91.5 Å². The number of unbranched alkanes of at least 4 members (excludes halogenated alkanes) is 17. The topological polar surface area (TPSA) is 231 Å². The highest BCUT2D eigenvalue weighted by atomic mass is 31.2. The van der Waals surface area contributed by atoms with Gasteiger partial charge in [-0.1, -0.05) is 243 Å². The summed E-state index contributed by atoms with van der Waals surface area (Å²) in [5, 5.41) is 20.6. The van der Waals surface area contributed by atoms with Gasteiger partial charge in [-0.2, -0.15) is 0 Å². The molecule has 0 saturated carbocycles. The molecule has 4 N–H and O–H groups in total. The molecule has 540 valence electrons. The van der Waals surface area contributed by atoms with Gasteiger partial charge in [-0.3, -0.25) is 32.5 Å². The van der Waals surface area contributed by atoms with Crippen molar-refractivity contribution >= 4 is 33.6 Å². The molecule has 95 heavy (non-hydrogen) atoms. The maximum Gasteiger partial charge on any atom is 0.472 e. The van der Waals surface area contributed by atoms with Gasteiger partial charge in [-0.25, -0.2) is 9.13 Å². The van der Waals surface area contributed by atoms with E-state index in [0.717, 1.165) is 167 Å². The predicted octanol–water partition coefficient (Wildman–Crippen LogP) is 20.3. The minimum atomic E-state index is -4.95.